The van der Waals surface area contributed by atoms with Crippen LogP contribution in [0.5, 0.6) is 0 Å². The summed E-state index contributed by atoms with van der Waals surface area (Å²) in [6, 6.07) is 13.8. The average Bonchev–Trinajstić information content (AvgIpc) is 2.53. The Labute approximate surface area is 147 Å². The van der Waals surface area contributed by atoms with Crippen LogP contribution in [0.25, 0.3) is 0 Å². The molecule has 0 aromatic heterocycles. The Kier molecular flexibility index (Phi) is 6.08. The van der Waals surface area contributed by atoms with E-state index < -0.39 is 12.7 Å². The molecular formula is C18H19Cl2O2P. The molecule has 0 amide bonds. The molecule has 2 aromatic carbocycles. The Morgan fingerprint density at radius 1 is 1.00 bits per heavy atom. The predicted molar refractivity (Wildman–Crippen MR) is 98.8 cm³/mol. The Morgan fingerprint density at radius 2 is 1.57 bits per heavy atom. The summed E-state index contributed by atoms with van der Waals surface area (Å²) in [6.07, 6.45) is 1.01. The molecule has 0 saturated carbocycles. The summed E-state index contributed by atoms with van der Waals surface area (Å²) in [5, 5.41) is 1.04. The summed E-state index contributed by atoms with van der Waals surface area (Å²) in [7, 11) is -3.30. The highest BCUT2D eigenvalue weighted by atomic mass is 35.5. The summed E-state index contributed by atoms with van der Waals surface area (Å²) in [5.41, 5.74) is -0.299. The third-order valence-electron chi connectivity index (χ3n) is 3.70. The number of hydrogen-bond acceptors (Lipinski definition) is 2. The van der Waals surface area contributed by atoms with Crippen LogP contribution in [-0.4, -0.2) is 11.7 Å². The summed E-state index contributed by atoms with van der Waals surface area (Å²) in [6.45, 7) is 4.09. The van der Waals surface area contributed by atoms with Gasteiger partial charge in [-0.1, -0.05) is 73.4 Å². The fourth-order valence-corrected chi connectivity index (χ4v) is 5.87. The van der Waals surface area contributed by atoms with E-state index in [0.29, 0.717) is 23.8 Å². The highest BCUT2D eigenvalue weighted by molar-refractivity contribution is 7.87. The Hall–Kier alpha value is -1.08. The molecule has 0 aliphatic carbocycles. The molecule has 0 N–H and O–H groups in total. The molecule has 0 fully saturated rings. The minimum atomic E-state index is -3.30. The van der Waals surface area contributed by atoms with E-state index in [9.17, 15) is 9.36 Å². The molecule has 5 heteroatoms. The van der Waals surface area contributed by atoms with E-state index in [1.807, 2.05) is 19.9 Å². The van der Waals surface area contributed by atoms with Crippen LogP contribution in [-0.2, 0) is 4.57 Å². The van der Waals surface area contributed by atoms with Gasteiger partial charge in [0.15, 0.2) is 7.14 Å². The van der Waals surface area contributed by atoms with Gasteiger partial charge in [0, 0.05) is 11.5 Å². The van der Waals surface area contributed by atoms with Gasteiger partial charge in [-0.15, -0.1) is 0 Å². The van der Waals surface area contributed by atoms with Gasteiger partial charge < -0.3 is 4.57 Å². The van der Waals surface area contributed by atoms with Gasteiger partial charge in [0.05, 0.1) is 15.6 Å². The highest BCUT2D eigenvalue weighted by Crippen LogP contribution is 2.51. The lowest BCUT2D eigenvalue weighted by Crippen LogP contribution is -2.17. The van der Waals surface area contributed by atoms with Gasteiger partial charge in [0.1, 0.15) is 0 Å². The molecule has 0 radical (unpaired) electrons. The van der Waals surface area contributed by atoms with E-state index in [4.69, 9.17) is 23.2 Å². The van der Waals surface area contributed by atoms with Crippen molar-refractivity contribution in [3.8, 4) is 0 Å². The fraction of sp³-hybridized carbons (Fsp3) is 0.278. The number of carbonyl (C=O) groups is 1. The van der Waals surface area contributed by atoms with Crippen LogP contribution in [0.2, 0.25) is 10.0 Å². The zero-order valence-corrected chi connectivity index (χ0v) is 15.5. The zero-order chi connectivity index (χ0) is 17.0. The van der Waals surface area contributed by atoms with E-state index in [2.05, 4.69) is 0 Å². The largest absolute Gasteiger partial charge is 0.310 e. The van der Waals surface area contributed by atoms with Crippen molar-refractivity contribution in [1.29, 1.82) is 0 Å². The molecule has 2 aromatic rings. The normalized spacial score (nSPS) is 13.8. The second-order valence-corrected chi connectivity index (χ2v) is 9.55. The monoisotopic (exact) mass is 368 g/mol. The maximum atomic E-state index is 13.7. The number of benzene rings is 2. The van der Waals surface area contributed by atoms with Crippen molar-refractivity contribution in [3.05, 3.63) is 64.1 Å². The molecule has 23 heavy (non-hydrogen) atoms. The van der Waals surface area contributed by atoms with Crippen molar-refractivity contribution >= 4 is 41.2 Å². The SMILES string of the molecule is CC(C)CCP(=O)(C(=O)c1c(Cl)cccc1Cl)c1ccccc1. The lowest BCUT2D eigenvalue weighted by atomic mass is 10.2. The zero-order valence-electron chi connectivity index (χ0n) is 13.1. The second-order valence-electron chi connectivity index (χ2n) is 5.88. The molecule has 0 saturated heterocycles. The van der Waals surface area contributed by atoms with Crippen LogP contribution in [0.3, 0.4) is 0 Å². The van der Waals surface area contributed by atoms with Crippen molar-refractivity contribution < 1.29 is 9.36 Å². The van der Waals surface area contributed by atoms with Gasteiger partial charge in [-0.25, -0.2) is 0 Å². The molecule has 2 nitrogen and oxygen atoms in total. The van der Waals surface area contributed by atoms with Crippen LogP contribution in [0.15, 0.2) is 48.5 Å². The number of hydrogen-bond donors (Lipinski definition) is 0. The average molecular weight is 369 g/mol. The first-order valence-corrected chi connectivity index (χ1v) is 10.1. The molecule has 1 unspecified atom stereocenters. The van der Waals surface area contributed by atoms with Crippen LogP contribution >= 0.6 is 30.3 Å². The van der Waals surface area contributed by atoms with E-state index >= 15 is 0 Å². The quantitative estimate of drug-likeness (QED) is 0.597. The Balaban J connectivity index is 2.54. The van der Waals surface area contributed by atoms with Crippen LogP contribution in [0.4, 0.5) is 0 Å². The van der Waals surface area contributed by atoms with Gasteiger partial charge in [-0.2, -0.15) is 0 Å². The molecule has 1 atom stereocenters. The van der Waals surface area contributed by atoms with Crippen molar-refractivity contribution in [1.82, 2.24) is 0 Å². The molecule has 2 rings (SSSR count). The Morgan fingerprint density at radius 3 is 2.09 bits per heavy atom. The topological polar surface area (TPSA) is 34.1 Å². The first-order chi connectivity index (χ1) is 10.9. The van der Waals surface area contributed by atoms with Gasteiger partial charge in [0.25, 0.3) is 0 Å². The first kappa shape index (κ1) is 18.3. The third kappa shape index (κ3) is 4.07. The van der Waals surface area contributed by atoms with E-state index in [0.717, 1.165) is 0 Å². The summed E-state index contributed by atoms with van der Waals surface area (Å²) >= 11 is 12.3. The molecular weight excluding hydrogens is 350 g/mol. The van der Waals surface area contributed by atoms with Crippen LogP contribution in [0, 0.1) is 5.92 Å². The molecule has 0 aliphatic rings. The second kappa shape index (κ2) is 7.66. The molecule has 0 bridgehead atoms. The van der Waals surface area contributed by atoms with Crippen molar-refractivity contribution in [2.75, 3.05) is 6.16 Å². The lowest BCUT2D eigenvalue weighted by molar-refractivity contribution is 0.107. The van der Waals surface area contributed by atoms with Crippen molar-refractivity contribution in [3.63, 3.8) is 0 Å². The lowest BCUT2D eigenvalue weighted by Gasteiger charge is -2.19. The number of rotatable bonds is 6. The van der Waals surface area contributed by atoms with Gasteiger partial charge in [0.2, 0.25) is 5.52 Å². The third-order valence-corrected chi connectivity index (χ3v) is 7.23. The van der Waals surface area contributed by atoms with E-state index in [1.165, 1.54) is 0 Å². The molecule has 0 aliphatic heterocycles. The Bertz CT molecular complexity index is 722. The fourth-order valence-electron chi connectivity index (χ4n) is 2.34. The molecule has 0 spiro atoms. The molecule has 122 valence electrons. The van der Waals surface area contributed by atoms with Crippen LogP contribution in [0.1, 0.15) is 30.6 Å². The highest BCUT2D eigenvalue weighted by Gasteiger charge is 2.36. The summed E-state index contributed by atoms with van der Waals surface area (Å²) in [4.78, 5) is 13.1. The van der Waals surface area contributed by atoms with Gasteiger partial charge in [-0.05, 0) is 24.5 Å². The maximum absolute atomic E-state index is 13.7. The van der Waals surface area contributed by atoms with Crippen molar-refractivity contribution in [2.24, 2.45) is 5.92 Å². The van der Waals surface area contributed by atoms with Crippen LogP contribution < -0.4 is 5.30 Å². The standard InChI is InChI=1S/C18H19Cl2O2P/c1-13(2)11-12-23(22,14-7-4-3-5-8-14)18(21)17-15(19)9-6-10-16(17)20/h3-10,13H,11-12H2,1-2H3. The minimum absolute atomic E-state index is 0.159. The molecule has 0 heterocycles. The smallest absolute Gasteiger partial charge is 0.228 e. The maximum Gasteiger partial charge on any atom is 0.228 e. The van der Waals surface area contributed by atoms with E-state index in [-0.39, 0.29) is 15.6 Å². The van der Waals surface area contributed by atoms with Gasteiger partial charge >= 0.3 is 0 Å². The minimum Gasteiger partial charge on any atom is -0.310 e. The predicted octanol–water partition coefficient (Wildman–Crippen LogP) is 5.87. The van der Waals surface area contributed by atoms with E-state index in [1.54, 1.807) is 42.5 Å². The number of carbonyl (C=O) groups excluding carboxylic acids is 1. The van der Waals surface area contributed by atoms with Gasteiger partial charge in [-0.3, -0.25) is 4.79 Å². The number of halogens is 2. The summed E-state index contributed by atoms with van der Waals surface area (Å²) in [5.74, 6) is 0.349. The first-order valence-electron chi connectivity index (χ1n) is 7.50. The summed E-state index contributed by atoms with van der Waals surface area (Å²) < 4.78 is 13.7. The van der Waals surface area contributed by atoms with Crippen molar-refractivity contribution in [2.45, 2.75) is 20.3 Å².